The number of hydrogen-bond acceptors (Lipinski definition) is 2. The van der Waals surface area contributed by atoms with Crippen LogP contribution in [0.15, 0.2) is 12.7 Å². The van der Waals surface area contributed by atoms with Gasteiger partial charge in [-0.1, -0.05) is 26.8 Å². The number of carbonyl (C=O) groups is 1. The van der Waals surface area contributed by atoms with Crippen molar-refractivity contribution in [3.8, 4) is 0 Å². The maximum atomic E-state index is 11.0. The molecule has 0 heterocycles. The Bertz CT molecular complexity index is 137. The molecule has 0 rings (SSSR count). The van der Waals surface area contributed by atoms with Crippen LogP contribution >= 0.6 is 0 Å². The maximum Gasteiger partial charge on any atom is 0.308 e. The fraction of sp³-hybridized carbons (Fsp3) is 0.750. The Hall–Kier alpha value is -0.790. The molecule has 0 aliphatic rings. The molecule has 0 aromatic rings. The van der Waals surface area contributed by atoms with Gasteiger partial charge in [-0.3, -0.25) is 4.79 Å². The third-order valence-corrected chi connectivity index (χ3v) is 1.89. The molecule has 0 saturated carbocycles. The van der Waals surface area contributed by atoms with E-state index in [1.807, 2.05) is 26.8 Å². The van der Waals surface area contributed by atoms with Crippen LogP contribution < -0.4 is 0 Å². The highest BCUT2D eigenvalue weighted by molar-refractivity contribution is 5.72. The van der Waals surface area contributed by atoms with E-state index in [-0.39, 0.29) is 11.9 Å². The molecule has 0 amide bonds. The van der Waals surface area contributed by atoms with Crippen molar-refractivity contribution in [2.45, 2.75) is 47.0 Å². The average molecular weight is 200 g/mol. The minimum Gasteiger partial charge on any atom is -0.466 e. The summed E-state index contributed by atoms with van der Waals surface area (Å²) in [5, 5.41) is 0. The number of allylic oxidation sites excluding steroid dienone is 1. The number of rotatable bonds is 5. The Morgan fingerprint density at radius 1 is 1.29 bits per heavy atom. The normalized spacial score (nSPS) is 8.93. The van der Waals surface area contributed by atoms with Gasteiger partial charge in [0.25, 0.3) is 0 Å². The zero-order chi connectivity index (χ0) is 11.4. The highest BCUT2D eigenvalue weighted by atomic mass is 16.5. The van der Waals surface area contributed by atoms with Crippen LogP contribution in [-0.2, 0) is 9.53 Å². The summed E-state index contributed by atoms with van der Waals surface area (Å²) in [4.78, 5) is 11.0. The Kier molecular flexibility index (Phi) is 13.7. The van der Waals surface area contributed by atoms with Crippen molar-refractivity contribution >= 4 is 5.97 Å². The summed E-state index contributed by atoms with van der Waals surface area (Å²) in [7, 11) is 0. The minimum absolute atomic E-state index is 0.0486. The molecule has 0 fully saturated rings. The summed E-state index contributed by atoms with van der Waals surface area (Å²) in [6.45, 7) is 11.9. The lowest BCUT2D eigenvalue weighted by Gasteiger charge is -2.09. The van der Waals surface area contributed by atoms with E-state index in [1.54, 1.807) is 0 Å². The Balaban J connectivity index is 0. The molecule has 2 nitrogen and oxygen atoms in total. The van der Waals surface area contributed by atoms with Gasteiger partial charge in [0.1, 0.15) is 0 Å². The molecule has 0 aliphatic carbocycles. The lowest BCUT2D eigenvalue weighted by molar-refractivity contribution is -0.148. The van der Waals surface area contributed by atoms with Gasteiger partial charge in [-0.25, -0.2) is 0 Å². The SMILES string of the molecule is C=CCC.CCOC(=O)C(CC)CC. The molecule has 0 N–H and O–H groups in total. The molecule has 0 bridgehead atoms. The number of esters is 1. The van der Waals surface area contributed by atoms with Crippen LogP contribution in [0.25, 0.3) is 0 Å². The Labute approximate surface area is 88.3 Å². The lowest BCUT2D eigenvalue weighted by atomic mass is 10.0. The second-order valence-corrected chi connectivity index (χ2v) is 2.96. The van der Waals surface area contributed by atoms with Crippen LogP contribution in [0.3, 0.4) is 0 Å². The molecular formula is C12H24O2. The molecule has 0 spiro atoms. The summed E-state index contributed by atoms with van der Waals surface area (Å²) in [5.41, 5.74) is 0. The summed E-state index contributed by atoms with van der Waals surface area (Å²) < 4.78 is 4.85. The monoisotopic (exact) mass is 200 g/mol. The fourth-order valence-corrected chi connectivity index (χ4v) is 0.882. The van der Waals surface area contributed by atoms with Crippen LogP contribution in [0.5, 0.6) is 0 Å². The Morgan fingerprint density at radius 3 is 1.93 bits per heavy atom. The highest BCUT2D eigenvalue weighted by Gasteiger charge is 2.13. The molecule has 0 aliphatic heterocycles. The van der Waals surface area contributed by atoms with Crippen molar-refractivity contribution in [2.24, 2.45) is 5.92 Å². The summed E-state index contributed by atoms with van der Waals surface area (Å²) in [6.07, 6.45) is 4.73. The predicted octanol–water partition coefficient (Wildman–Crippen LogP) is 3.57. The van der Waals surface area contributed by atoms with E-state index in [2.05, 4.69) is 13.5 Å². The van der Waals surface area contributed by atoms with Gasteiger partial charge in [-0.05, 0) is 26.2 Å². The standard InChI is InChI=1S/C8H16O2.C4H8/c1-4-7(5-2)8(9)10-6-3;1-3-4-2/h7H,4-6H2,1-3H3;3H,1,4H2,2H3. The first-order chi connectivity index (χ1) is 6.67. The number of hydrogen-bond donors (Lipinski definition) is 0. The molecule has 0 radical (unpaired) electrons. The largest absolute Gasteiger partial charge is 0.466 e. The van der Waals surface area contributed by atoms with E-state index in [0.29, 0.717) is 6.61 Å². The molecule has 0 unspecified atom stereocenters. The summed E-state index contributed by atoms with van der Waals surface area (Å²) in [5.74, 6) is 0.0625. The first kappa shape index (κ1) is 15.7. The molecule has 0 atom stereocenters. The van der Waals surface area contributed by atoms with Crippen LogP contribution in [0.4, 0.5) is 0 Å². The van der Waals surface area contributed by atoms with Crippen molar-refractivity contribution in [3.05, 3.63) is 12.7 Å². The third-order valence-electron chi connectivity index (χ3n) is 1.89. The first-order valence-corrected chi connectivity index (χ1v) is 5.45. The molecule has 0 aromatic carbocycles. The zero-order valence-electron chi connectivity index (χ0n) is 10.0. The van der Waals surface area contributed by atoms with E-state index < -0.39 is 0 Å². The zero-order valence-corrected chi connectivity index (χ0v) is 10.0. The second kappa shape index (κ2) is 12.2. The molecule has 0 aromatic heterocycles. The van der Waals surface area contributed by atoms with Gasteiger partial charge in [-0.2, -0.15) is 0 Å². The predicted molar refractivity (Wildman–Crippen MR) is 61.2 cm³/mol. The molecule has 84 valence electrons. The number of ether oxygens (including phenoxy) is 1. The first-order valence-electron chi connectivity index (χ1n) is 5.45. The van der Waals surface area contributed by atoms with Gasteiger partial charge in [-0.15, -0.1) is 6.58 Å². The van der Waals surface area contributed by atoms with Crippen molar-refractivity contribution in [3.63, 3.8) is 0 Å². The molecule has 14 heavy (non-hydrogen) atoms. The third kappa shape index (κ3) is 9.30. The van der Waals surface area contributed by atoms with Gasteiger partial charge in [0.15, 0.2) is 0 Å². The quantitative estimate of drug-likeness (QED) is 0.501. The van der Waals surface area contributed by atoms with Gasteiger partial charge in [0.2, 0.25) is 0 Å². The van der Waals surface area contributed by atoms with E-state index in [1.165, 1.54) is 0 Å². The summed E-state index contributed by atoms with van der Waals surface area (Å²) >= 11 is 0. The van der Waals surface area contributed by atoms with Crippen LogP contribution in [0.2, 0.25) is 0 Å². The van der Waals surface area contributed by atoms with Gasteiger partial charge >= 0.3 is 5.97 Å². The van der Waals surface area contributed by atoms with Gasteiger partial charge in [0, 0.05) is 0 Å². The van der Waals surface area contributed by atoms with E-state index in [9.17, 15) is 4.79 Å². The smallest absolute Gasteiger partial charge is 0.308 e. The van der Waals surface area contributed by atoms with E-state index in [0.717, 1.165) is 19.3 Å². The minimum atomic E-state index is -0.0486. The average Bonchev–Trinajstić information content (AvgIpc) is 2.20. The van der Waals surface area contributed by atoms with E-state index >= 15 is 0 Å². The fourth-order valence-electron chi connectivity index (χ4n) is 0.882. The highest BCUT2D eigenvalue weighted by Crippen LogP contribution is 2.08. The molecule has 0 saturated heterocycles. The van der Waals surface area contributed by atoms with Crippen molar-refractivity contribution in [1.82, 2.24) is 0 Å². The van der Waals surface area contributed by atoms with Crippen molar-refractivity contribution in [2.75, 3.05) is 6.61 Å². The van der Waals surface area contributed by atoms with Crippen molar-refractivity contribution < 1.29 is 9.53 Å². The van der Waals surface area contributed by atoms with Gasteiger partial charge in [0.05, 0.1) is 12.5 Å². The summed E-state index contributed by atoms with van der Waals surface area (Å²) in [6, 6.07) is 0. The van der Waals surface area contributed by atoms with Crippen LogP contribution in [0, 0.1) is 5.92 Å². The Morgan fingerprint density at radius 2 is 1.71 bits per heavy atom. The number of carbonyl (C=O) groups excluding carboxylic acids is 1. The van der Waals surface area contributed by atoms with Crippen molar-refractivity contribution in [1.29, 1.82) is 0 Å². The van der Waals surface area contributed by atoms with Crippen LogP contribution in [0.1, 0.15) is 47.0 Å². The van der Waals surface area contributed by atoms with Gasteiger partial charge < -0.3 is 4.74 Å². The van der Waals surface area contributed by atoms with E-state index in [4.69, 9.17) is 4.74 Å². The lowest BCUT2D eigenvalue weighted by Crippen LogP contribution is -2.15. The maximum absolute atomic E-state index is 11.0. The second-order valence-electron chi connectivity index (χ2n) is 2.96. The van der Waals surface area contributed by atoms with Crippen LogP contribution in [-0.4, -0.2) is 12.6 Å². The molecular weight excluding hydrogens is 176 g/mol. The topological polar surface area (TPSA) is 26.3 Å². The molecule has 2 heteroatoms.